The Bertz CT molecular complexity index is 1450. The van der Waals surface area contributed by atoms with Crippen molar-refractivity contribution in [3.8, 4) is 5.75 Å². The molecule has 5 unspecified atom stereocenters. The number of amides is 3. The third-order valence-corrected chi connectivity index (χ3v) is 7.29. The van der Waals surface area contributed by atoms with Gasteiger partial charge in [-0.2, -0.15) is 0 Å². The SMILES string of the molecule is CCC(C)C(N)C(=O)NC(Cc1c[nH]c2ccccc12)C(=O)NC(CC(=O)O)C(=O)NC(Cc1ccc(O)cc1)C(=O)O. The minimum atomic E-state index is -1.66. The van der Waals surface area contributed by atoms with E-state index in [1.54, 1.807) is 13.1 Å². The number of aliphatic carboxylic acids is 2. The molecule has 0 radical (unpaired) electrons. The van der Waals surface area contributed by atoms with Gasteiger partial charge in [-0.05, 0) is 35.2 Å². The third-order valence-electron chi connectivity index (χ3n) is 7.29. The number of carbonyl (C=O) groups is 5. The lowest BCUT2D eigenvalue weighted by Gasteiger charge is -2.25. The molecule has 0 spiro atoms. The van der Waals surface area contributed by atoms with Crippen LogP contribution in [-0.4, -0.2) is 74.1 Å². The Hall–Kier alpha value is -4.91. The molecule has 13 heteroatoms. The van der Waals surface area contributed by atoms with Crippen molar-refractivity contribution in [1.82, 2.24) is 20.9 Å². The van der Waals surface area contributed by atoms with Crippen molar-refractivity contribution in [2.45, 2.75) is 63.7 Å². The summed E-state index contributed by atoms with van der Waals surface area (Å²) in [6.45, 7) is 3.67. The molecule has 0 fully saturated rings. The second-order valence-corrected chi connectivity index (χ2v) is 10.5. The predicted octanol–water partition coefficient (Wildman–Crippen LogP) is 1.05. The van der Waals surface area contributed by atoms with E-state index in [-0.39, 0.29) is 24.5 Å². The molecular weight excluding hydrogens is 558 g/mol. The van der Waals surface area contributed by atoms with Crippen molar-refractivity contribution in [3.05, 3.63) is 65.9 Å². The molecule has 3 aromatic rings. The van der Waals surface area contributed by atoms with Gasteiger partial charge in [0.05, 0.1) is 12.5 Å². The molecule has 0 aliphatic carbocycles. The van der Waals surface area contributed by atoms with Crippen LogP contribution in [0.15, 0.2) is 54.7 Å². The number of nitrogens with two attached hydrogens (primary N) is 1. The Balaban J connectivity index is 1.83. The number of aromatic nitrogens is 1. The standard InChI is InChI=1S/C30H37N5O8/c1-3-16(2)26(31)29(41)34-22(13-18-15-32-21-7-5-4-6-20(18)21)27(39)33-23(14-25(37)38)28(40)35-24(30(42)43)12-17-8-10-19(36)11-9-17/h4-11,15-16,22-24,26,32,36H,3,12-14,31H2,1-2H3,(H,33,39)(H,34,41)(H,35,40)(H,37,38)(H,42,43). The van der Waals surface area contributed by atoms with Crippen LogP contribution in [-0.2, 0) is 36.8 Å². The van der Waals surface area contributed by atoms with E-state index in [0.29, 0.717) is 17.5 Å². The van der Waals surface area contributed by atoms with Gasteiger partial charge in [-0.3, -0.25) is 19.2 Å². The average Bonchev–Trinajstić information content (AvgIpc) is 3.38. The number of aromatic hydroxyl groups is 1. The zero-order chi connectivity index (χ0) is 31.7. The highest BCUT2D eigenvalue weighted by atomic mass is 16.4. The van der Waals surface area contributed by atoms with Crippen LogP contribution >= 0.6 is 0 Å². The number of phenolic OH excluding ortho intramolecular Hbond substituents is 1. The molecule has 230 valence electrons. The van der Waals surface area contributed by atoms with Crippen LogP contribution in [0, 0.1) is 5.92 Å². The maximum Gasteiger partial charge on any atom is 0.326 e. The Morgan fingerprint density at radius 2 is 1.44 bits per heavy atom. The van der Waals surface area contributed by atoms with Crippen LogP contribution in [0.4, 0.5) is 0 Å². The molecule has 3 rings (SSSR count). The van der Waals surface area contributed by atoms with Gasteiger partial charge in [-0.15, -0.1) is 0 Å². The van der Waals surface area contributed by atoms with Gasteiger partial charge in [0.2, 0.25) is 17.7 Å². The van der Waals surface area contributed by atoms with Crippen LogP contribution in [0.1, 0.15) is 37.8 Å². The van der Waals surface area contributed by atoms with Gasteiger partial charge in [-0.25, -0.2) is 4.79 Å². The smallest absolute Gasteiger partial charge is 0.326 e. The fourth-order valence-corrected chi connectivity index (χ4v) is 4.51. The van der Waals surface area contributed by atoms with Gasteiger partial charge in [-0.1, -0.05) is 50.6 Å². The number of H-pyrrole nitrogens is 1. The molecule has 9 N–H and O–H groups in total. The molecule has 2 aromatic carbocycles. The number of nitrogens with one attached hydrogen (secondary N) is 4. The first-order valence-corrected chi connectivity index (χ1v) is 13.8. The Labute approximate surface area is 247 Å². The first-order chi connectivity index (χ1) is 20.4. The molecule has 0 saturated carbocycles. The highest BCUT2D eigenvalue weighted by Gasteiger charge is 2.32. The highest BCUT2D eigenvalue weighted by Crippen LogP contribution is 2.20. The van der Waals surface area contributed by atoms with E-state index in [1.807, 2.05) is 31.2 Å². The number of carboxylic acids is 2. The summed E-state index contributed by atoms with van der Waals surface area (Å²) in [4.78, 5) is 66.3. The number of fused-ring (bicyclic) bond motifs is 1. The zero-order valence-electron chi connectivity index (χ0n) is 23.9. The normalized spacial score (nSPS) is 14.6. The number of rotatable bonds is 15. The lowest BCUT2D eigenvalue weighted by Crippen LogP contribution is -2.58. The molecule has 3 amide bonds. The van der Waals surface area contributed by atoms with Gasteiger partial charge in [0.25, 0.3) is 0 Å². The zero-order valence-corrected chi connectivity index (χ0v) is 23.9. The third kappa shape index (κ3) is 9.04. The Kier molecular flexibility index (Phi) is 11.2. The molecule has 0 saturated heterocycles. The largest absolute Gasteiger partial charge is 0.508 e. The highest BCUT2D eigenvalue weighted by molar-refractivity contribution is 5.96. The molecule has 5 atom stereocenters. The lowest BCUT2D eigenvalue weighted by atomic mass is 9.98. The fraction of sp³-hybridized carbons (Fsp3) is 0.367. The molecule has 43 heavy (non-hydrogen) atoms. The number of para-hydroxylation sites is 1. The van der Waals surface area contributed by atoms with Crippen molar-refractivity contribution in [3.63, 3.8) is 0 Å². The number of phenols is 1. The quantitative estimate of drug-likeness (QED) is 0.125. The average molecular weight is 596 g/mol. The Morgan fingerprint density at radius 3 is 2.07 bits per heavy atom. The molecule has 13 nitrogen and oxygen atoms in total. The van der Waals surface area contributed by atoms with Crippen molar-refractivity contribution in [2.24, 2.45) is 11.7 Å². The summed E-state index contributed by atoms with van der Waals surface area (Å²) >= 11 is 0. The molecule has 0 aliphatic rings. The molecular formula is C30H37N5O8. The van der Waals surface area contributed by atoms with Gasteiger partial charge >= 0.3 is 11.9 Å². The van der Waals surface area contributed by atoms with Crippen LogP contribution < -0.4 is 21.7 Å². The van der Waals surface area contributed by atoms with E-state index in [9.17, 15) is 39.3 Å². The number of benzene rings is 2. The maximum atomic E-state index is 13.6. The van der Waals surface area contributed by atoms with Crippen molar-refractivity contribution >= 4 is 40.6 Å². The van der Waals surface area contributed by atoms with Gasteiger partial charge in [0.1, 0.15) is 23.9 Å². The first-order valence-electron chi connectivity index (χ1n) is 13.8. The van der Waals surface area contributed by atoms with Crippen molar-refractivity contribution in [2.75, 3.05) is 0 Å². The minimum Gasteiger partial charge on any atom is -0.508 e. The van der Waals surface area contributed by atoms with Crippen LogP contribution in [0.2, 0.25) is 0 Å². The van der Waals surface area contributed by atoms with Gasteiger partial charge in [0.15, 0.2) is 0 Å². The molecule has 1 aromatic heterocycles. The van der Waals surface area contributed by atoms with E-state index in [1.165, 1.54) is 24.3 Å². The predicted molar refractivity (Wildman–Crippen MR) is 157 cm³/mol. The van der Waals surface area contributed by atoms with Crippen LogP contribution in [0.3, 0.4) is 0 Å². The first kappa shape index (κ1) is 32.6. The summed E-state index contributed by atoms with van der Waals surface area (Å²) < 4.78 is 0. The summed E-state index contributed by atoms with van der Waals surface area (Å²) in [6, 6.07) is 7.74. The van der Waals surface area contributed by atoms with Crippen molar-refractivity contribution in [1.29, 1.82) is 0 Å². The molecule has 0 aliphatic heterocycles. The number of aromatic amines is 1. The van der Waals surface area contributed by atoms with Crippen LogP contribution in [0.25, 0.3) is 10.9 Å². The fourth-order valence-electron chi connectivity index (χ4n) is 4.51. The number of hydrogen-bond acceptors (Lipinski definition) is 7. The van der Waals surface area contributed by atoms with E-state index in [4.69, 9.17) is 5.73 Å². The van der Waals surface area contributed by atoms with Crippen molar-refractivity contribution < 1.29 is 39.3 Å². The lowest BCUT2D eigenvalue weighted by molar-refractivity contribution is -0.143. The number of carbonyl (C=O) groups excluding carboxylic acids is 3. The van der Waals surface area contributed by atoms with Gasteiger partial charge in [0, 0.05) is 29.9 Å². The van der Waals surface area contributed by atoms with E-state index in [0.717, 1.165) is 10.9 Å². The van der Waals surface area contributed by atoms with E-state index >= 15 is 0 Å². The summed E-state index contributed by atoms with van der Waals surface area (Å²) in [6.07, 6.45) is 1.29. The summed E-state index contributed by atoms with van der Waals surface area (Å²) in [5, 5.41) is 36.7. The minimum absolute atomic E-state index is 0.00513. The monoisotopic (exact) mass is 595 g/mol. The molecule has 0 bridgehead atoms. The number of hydrogen-bond donors (Lipinski definition) is 8. The van der Waals surface area contributed by atoms with Gasteiger partial charge < -0.3 is 42.0 Å². The second kappa shape index (κ2) is 14.8. The summed E-state index contributed by atoms with van der Waals surface area (Å²) in [5.41, 5.74) is 8.07. The topological polar surface area (TPSA) is 224 Å². The number of carboxylic acid groups (broad SMARTS) is 2. The van der Waals surface area contributed by atoms with E-state index in [2.05, 4.69) is 20.9 Å². The molecule has 1 heterocycles. The van der Waals surface area contributed by atoms with E-state index < -0.39 is 60.2 Å². The van der Waals surface area contributed by atoms with Crippen LogP contribution in [0.5, 0.6) is 5.75 Å². The maximum absolute atomic E-state index is 13.6. The Morgan fingerprint density at radius 1 is 0.837 bits per heavy atom. The summed E-state index contributed by atoms with van der Waals surface area (Å²) in [5.74, 6) is -5.48. The second-order valence-electron chi connectivity index (χ2n) is 10.5. The summed E-state index contributed by atoms with van der Waals surface area (Å²) in [7, 11) is 0.